The van der Waals surface area contributed by atoms with Crippen molar-refractivity contribution in [2.24, 2.45) is 0 Å². The van der Waals surface area contributed by atoms with Crippen molar-refractivity contribution in [2.45, 2.75) is 19.8 Å². The van der Waals surface area contributed by atoms with Crippen LogP contribution in [0.3, 0.4) is 0 Å². The van der Waals surface area contributed by atoms with Crippen molar-refractivity contribution >= 4 is 5.82 Å². The Morgan fingerprint density at radius 1 is 1.33 bits per heavy atom. The molecule has 0 unspecified atom stereocenters. The van der Waals surface area contributed by atoms with Crippen LogP contribution in [-0.2, 0) is 0 Å². The SMILES string of the molecule is CC(C)c1c(N)n[nH]c1-c1ccccn1. The van der Waals surface area contributed by atoms with E-state index in [0.29, 0.717) is 11.7 Å². The second-order valence-corrected chi connectivity index (χ2v) is 3.77. The number of nitrogens with zero attached hydrogens (tertiary/aromatic N) is 2. The standard InChI is InChI=1S/C11H14N4/c1-7(2)9-10(14-15-11(9)12)8-5-3-4-6-13-8/h3-7H,1-2H3,(H3,12,14,15). The number of hydrogen-bond donors (Lipinski definition) is 2. The number of H-pyrrole nitrogens is 1. The lowest BCUT2D eigenvalue weighted by molar-refractivity contribution is 0.872. The van der Waals surface area contributed by atoms with Crippen molar-refractivity contribution in [1.82, 2.24) is 15.2 Å². The predicted molar refractivity (Wildman–Crippen MR) is 60.3 cm³/mol. The Morgan fingerprint density at radius 2 is 2.13 bits per heavy atom. The molecule has 2 aromatic heterocycles. The number of aromatic amines is 1. The minimum absolute atomic E-state index is 0.334. The molecule has 2 heterocycles. The maximum atomic E-state index is 5.81. The van der Waals surface area contributed by atoms with Crippen LogP contribution < -0.4 is 5.73 Å². The first-order chi connectivity index (χ1) is 7.20. The van der Waals surface area contributed by atoms with E-state index in [2.05, 4.69) is 29.0 Å². The van der Waals surface area contributed by atoms with Gasteiger partial charge in [0.05, 0.1) is 11.4 Å². The van der Waals surface area contributed by atoms with E-state index in [0.717, 1.165) is 17.0 Å². The molecule has 0 aliphatic heterocycles. The highest BCUT2D eigenvalue weighted by Gasteiger charge is 2.15. The van der Waals surface area contributed by atoms with Crippen LogP contribution in [0.2, 0.25) is 0 Å². The van der Waals surface area contributed by atoms with E-state index in [1.165, 1.54) is 0 Å². The van der Waals surface area contributed by atoms with Gasteiger partial charge in [0.1, 0.15) is 5.82 Å². The molecule has 78 valence electrons. The molecular formula is C11H14N4. The quantitative estimate of drug-likeness (QED) is 0.784. The fourth-order valence-electron chi connectivity index (χ4n) is 1.65. The highest BCUT2D eigenvalue weighted by molar-refractivity contribution is 5.65. The molecule has 0 amide bonds. The van der Waals surface area contributed by atoms with Crippen molar-refractivity contribution in [3.05, 3.63) is 30.0 Å². The molecule has 2 aromatic rings. The van der Waals surface area contributed by atoms with Crippen LogP contribution in [0, 0.1) is 0 Å². The third-order valence-corrected chi connectivity index (χ3v) is 2.33. The minimum atomic E-state index is 0.334. The van der Waals surface area contributed by atoms with Gasteiger partial charge in [0.25, 0.3) is 0 Å². The fourth-order valence-corrected chi connectivity index (χ4v) is 1.65. The van der Waals surface area contributed by atoms with Crippen LogP contribution in [-0.4, -0.2) is 15.2 Å². The Morgan fingerprint density at radius 3 is 2.73 bits per heavy atom. The smallest absolute Gasteiger partial charge is 0.149 e. The number of nitrogens with one attached hydrogen (secondary N) is 1. The highest BCUT2D eigenvalue weighted by atomic mass is 15.2. The van der Waals surface area contributed by atoms with Crippen molar-refractivity contribution in [3.63, 3.8) is 0 Å². The van der Waals surface area contributed by atoms with Crippen LogP contribution >= 0.6 is 0 Å². The summed E-state index contributed by atoms with van der Waals surface area (Å²) in [4.78, 5) is 4.28. The molecule has 0 aromatic carbocycles. The van der Waals surface area contributed by atoms with Crippen LogP contribution in [0.15, 0.2) is 24.4 Å². The lowest BCUT2D eigenvalue weighted by Gasteiger charge is -2.06. The first-order valence-electron chi connectivity index (χ1n) is 4.95. The van der Waals surface area contributed by atoms with Crippen LogP contribution in [0.5, 0.6) is 0 Å². The number of pyridine rings is 1. The molecular weight excluding hydrogens is 188 g/mol. The average Bonchev–Trinajstić information content (AvgIpc) is 2.61. The Bertz CT molecular complexity index is 445. The minimum Gasteiger partial charge on any atom is -0.382 e. The summed E-state index contributed by atoms with van der Waals surface area (Å²) in [6.45, 7) is 4.18. The summed E-state index contributed by atoms with van der Waals surface area (Å²) in [5, 5.41) is 6.96. The second-order valence-electron chi connectivity index (χ2n) is 3.77. The molecule has 3 N–H and O–H groups in total. The number of nitrogen functional groups attached to an aromatic ring is 1. The summed E-state index contributed by atoms with van der Waals surface area (Å²) < 4.78 is 0. The highest BCUT2D eigenvalue weighted by Crippen LogP contribution is 2.29. The maximum absolute atomic E-state index is 5.81. The largest absolute Gasteiger partial charge is 0.382 e. The molecule has 4 heteroatoms. The number of aromatic nitrogens is 3. The van der Waals surface area contributed by atoms with Gasteiger partial charge >= 0.3 is 0 Å². The Labute approximate surface area is 88.5 Å². The van der Waals surface area contributed by atoms with E-state index < -0.39 is 0 Å². The van der Waals surface area contributed by atoms with Crippen molar-refractivity contribution < 1.29 is 0 Å². The van der Waals surface area contributed by atoms with E-state index in [1.807, 2.05) is 18.2 Å². The zero-order valence-corrected chi connectivity index (χ0v) is 8.86. The van der Waals surface area contributed by atoms with Crippen LogP contribution in [0.4, 0.5) is 5.82 Å². The van der Waals surface area contributed by atoms with Gasteiger partial charge in [0, 0.05) is 11.8 Å². The van der Waals surface area contributed by atoms with Gasteiger partial charge in [0.15, 0.2) is 0 Å². The van der Waals surface area contributed by atoms with E-state index >= 15 is 0 Å². The zero-order chi connectivity index (χ0) is 10.8. The lowest BCUT2D eigenvalue weighted by atomic mass is 10.0. The van der Waals surface area contributed by atoms with E-state index in [1.54, 1.807) is 6.20 Å². The van der Waals surface area contributed by atoms with Gasteiger partial charge in [-0.2, -0.15) is 5.10 Å². The van der Waals surface area contributed by atoms with Crippen LogP contribution in [0.25, 0.3) is 11.4 Å². The van der Waals surface area contributed by atoms with Gasteiger partial charge in [-0.25, -0.2) is 0 Å². The molecule has 0 saturated heterocycles. The van der Waals surface area contributed by atoms with Crippen LogP contribution in [0.1, 0.15) is 25.3 Å². The van der Waals surface area contributed by atoms with Gasteiger partial charge in [-0.3, -0.25) is 10.1 Å². The average molecular weight is 202 g/mol. The topological polar surface area (TPSA) is 67.6 Å². The molecule has 0 radical (unpaired) electrons. The Hall–Kier alpha value is -1.84. The van der Waals surface area contributed by atoms with Crippen molar-refractivity contribution in [3.8, 4) is 11.4 Å². The van der Waals surface area contributed by atoms with Gasteiger partial charge < -0.3 is 5.73 Å². The summed E-state index contributed by atoms with van der Waals surface area (Å²) >= 11 is 0. The number of hydrogen-bond acceptors (Lipinski definition) is 3. The molecule has 0 fully saturated rings. The van der Waals surface area contributed by atoms with Gasteiger partial charge in [0.2, 0.25) is 0 Å². The molecule has 15 heavy (non-hydrogen) atoms. The number of anilines is 1. The summed E-state index contributed by atoms with van der Waals surface area (Å²) in [6, 6.07) is 5.78. The van der Waals surface area contributed by atoms with Crippen molar-refractivity contribution in [2.75, 3.05) is 5.73 Å². The number of nitrogens with two attached hydrogens (primary N) is 1. The normalized spacial score (nSPS) is 10.9. The van der Waals surface area contributed by atoms with Crippen molar-refractivity contribution in [1.29, 1.82) is 0 Å². The van der Waals surface area contributed by atoms with E-state index in [9.17, 15) is 0 Å². The fraction of sp³-hybridized carbons (Fsp3) is 0.273. The molecule has 4 nitrogen and oxygen atoms in total. The lowest BCUT2D eigenvalue weighted by Crippen LogP contribution is -1.95. The zero-order valence-electron chi connectivity index (χ0n) is 8.86. The molecule has 0 spiro atoms. The third kappa shape index (κ3) is 1.70. The molecule has 0 atom stereocenters. The van der Waals surface area contributed by atoms with E-state index in [-0.39, 0.29) is 0 Å². The predicted octanol–water partition coefficient (Wildman–Crippen LogP) is 2.18. The molecule has 0 aliphatic carbocycles. The second kappa shape index (κ2) is 3.73. The van der Waals surface area contributed by atoms with Gasteiger partial charge in [-0.1, -0.05) is 19.9 Å². The Balaban J connectivity index is 2.54. The maximum Gasteiger partial charge on any atom is 0.149 e. The Kier molecular flexibility index (Phi) is 2.41. The molecule has 0 aliphatic rings. The summed E-state index contributed by atoms with van der Waals surface area (Å²) in [7, 11) is 0. The summed E-state index contributed by atoms with van der Waals surface area (Å²) in [5.74, 6) is 0.895. The summed E-state index contributed by atoms with van der Waals surface area (Å²) in [6.07, 6.45) is 1.76. The van der Waals surface area contributed by atoms with Gasteiger partial charge in [-0.15, -0.1) is 0 Å². The summed E-state index contributed by atoms with van der Waals surface area (Å²) in [5.41, 5.74) is 8.64. The first-order valence-corrected chi connectivity index (χ1v) is 4.95. The van der Waals surface area contributed by atoms with E-state index in [4.69, 9.17) is 5.73 Å². The third-order valence-electron chi connectivity index (χ3n) is 2.33. The molecule has 0 saturated carbocycles. The monoisotopic (exact) mass is 202 g/mol. The first kappa shape index (κ1) is 9.71. The number of rotatable bonds is 2. The molecule has 2 rings (SSSR count). The van der Waals surface area contributed by atoms with Gasteiger partial charge in [-0.05, 0) is 18.1 Å². The molecule has 0 bridgehead atoms.